The van der Waals surface area contributed by atoms with Gasteiger partial charge in [-0.15, -0.1) is 0 Å². The van der Waals surface area contributed by atoms with Crippen molar-refractivity contribution in [3.05, 3.63) is 12.2 Å². The standard InChI is InChI=1S/C9H15NO4/c1-6(2)8(13)14-9(4,5-11)10-7(3)12/h11H,1,5H2,2-4H3,(H,10,12). The average molecular weight is 201 g/mol. The summed E-state index contributed by atoms with van der Waals surface area (Å²) in [5, 5.41) is 11.3. The highest BCUT2D eigenvalue weighted by molar-refractivity contribution is 5.87. The van der Waals surface area contributed by atoms with Crippen molar-refractivity contribution in [1.29, 1.82) is 0 Å². The summed E-state index contributed by atoms with van der Waals surface area (Å²) in [6, 6.07) is 0. The van der Waals surface area contributed by atoms with E-state index in [1.807, 2.05) is 0 Å². The zero-order valence-corrected chi connectivity index (χ0v) is 8.59. The number of carbonyl (C=O) groups excluding carboxylic acids is 2. The van der Waals surface area contributed by atoms with Crippen LogP contribution in [0.5, 0.6) is 0 Å². The van der Waals surface area contributed by atoms with E-state index in [-0.39, 0.29) is 5.57 Å². The maximum atomic E-state index is 11.1. The van der Waals surface area contributed by atoms with E-state index >= 15 is 0 Å². The molecule has 0 saturated heterocycles. The lowest BCUT2D eigenvalue weighted by atomic mass is 10.2. The summed E-state index contributed by atoms with van der Waals surface area (Å²) in [6.45, 7) is 7.03. The predicted molar refractivity (Wildman–Crippen MR) is 50.2 cm³/mol. The minimum absolute atomic E-state index is 0.204. The van der Waals surface area contributed by atoms with E-state index in [0.29, 0.717) is 0 Å². The topological polar surface area (TPSA) is 75.6 Å². The Balaban J connectivity index is 4.47. The molecule has 14 heavy (non-hydrogen) atoms. The third-order valence-electron chi connectivity index (χ3n) is 1.41. The average Bonchev–Trinajstić information content (AvgIpc) is 2.02. The van der Waals surface area contributed by atoms with E-state index in [2.05, 4.69) is 11.9 Å². The molecule has 2 N–H and O–H groups in total. The molecule has 0 fully saturated rings. The molecule has 1 unspecified atom stereocenters. The molecule has 0 aliphatic heterocycles. The molecule has 0 rings (SSSR count). The van der Waals surface area contributed by atoms with Gasteiger partial charge in [-0.2, -0.15) is 0 Å². The summed E-state index contributed by atoms with van der Waals surface area (Å²) in [7, 11) is 0. The van der Waals surface area contributed by atoms with Crippen LogP contribution in [0.4, 0.5) is 0 Å². The maximum Gasteiger partial charge on any atom is 0.335 e. The van der Waals surface area contributed by atoms with Gasteiger partial charge >= 0.3 is 5.97 Å². The molecule has 0 aromatic rings. The van der Waals surface area contributed by atoms with Crippen LogP contribution in [0, 0.1) is 0 Å². The van der Waals surface area contributed by atoms with E-state index in [4.69, 9.17) is 9.84 Å². The second-order valence-electron chi connectivity index (χ2n) is 3.24. The van der Waals surface area contributed by atoms with Crippen LogP contribution in [0.15, 0.2) is 12.2 Å². The molecule has 5 nitrogen and oxygen atoms in total. The number of amides is 1. The highest BCUT2D eigenvalue weighted by Crippen LogP contribution is 2.08. The molecule has 0 aliphatic carbocycles. The van der Waals surface area contributed by atoms with Crippen LogP contribution in [0.3, 0.4) is 0 Å². The molecule has 0 saturated carbocycles. The lowest BCUT2D eigenvalue weighted by Gasteiger charge is -2.27. The normalized spacial score (nSPS) is 14.0. The fraction of sp³-hybridized carbons (Fsp3) is 0.556. The lowest BCUT2D eigenvalue weighted by Crippen LogP contribution is -2.51. The lowest BCUT2D eigenvalue weighted by molar-refractivity contribution is -0.163. The van der Waals surface area contributed by atoms with E-state index in [9.17, 15) is 9.59 Å². The summed E-state index contributed by atoms with van der Waals surface area (Å²) in [4.78, 5) is 21.8. The molecule has 1 atom stereocenters. The summed E-state index contributed by atoms with van der Waals surface area (Å²) >= 11 is 0. The third-order valence-corrected chi connectivity index (χ3v) is 1.41. The predicted octanol–water partition coefficient (Wildman–Crippen LogP) is -0.0497. The van der Waals surface area contributed by atoms with Crippen molar-refractivity contribution in [1.82, 2.24) is 5.32 Å². The van der Waals surface area contributed by atoms with Gasteiger partial charge in [0.05, 0.1) is 0 Å². The van der Waals surface area contributed by atoms with Crippen LogP contribution in [0.2, 0.25) is 0 Å². The first-order valence-electron chi connectivity index (χ1n) is 4.09. The Bertz CT molecular complexity index is 262. The van der Waals surface area contributed by atoms with Crippen molar-refractivity contribution in [2.45, 2.75) is 26.5 Å². The van der Waals surface area contributed by atoms with E-state index in [0.717, 1.165) is 0 Å². The molecule has 0 aliphatic rings. The first kappa shape index (κ1) is 12.6. The van der Waals surface area contributed by atoms with Gasteiger partial charge < -0.3 is 15.2 Å². The van der Waals surface area contributed by atoms with Crippen molar-refractivity contribution in [2.24, 2.45) is 0 Å². The molecule has 80 valence electrons. The number of hydrogen-bond acceptors (Lipinski definition) is 4. The molecular weight excluding hydrogens is 186 g/mol. The summed E-state index contributed by atoms with van der Waals surface area (Å²) in [5.41, 5.74) is -1.18. The minimum Gasteiger partial charge on any atom is -0.433 e. The van der Waals surface area contributed by atoms with Crippen LogP contribution < -0.4 is 5.32 Å². The Morgan fingerprint density at radius 1 is 1.50 bits per heavy atom. The SMILES string of the molecule is C=C(C)C(=O)OC(C)(CO)NC(C)=O. The molecule has 0 heterocycles. The number of ether oxygens (including phenoxy) is 1. The molecule has 0 bridgehead atoms. The van der Waals surface area contributed by atoms with Crippen LogP contribution in [-0.2, 0) is 14.3 Å². The molecule has 0 spiro atoms. The zero-order chi connectivity index (χ0) is 11.4. The Morgan fingerprint density at radius 2 is 2.00 bits per heavy atom. The number of carbonyl (C=O) groups is 2. The second kappa shape index (κ2) is 4.76. The second-order valence-corrected chi connectivity index (χ2v) is 3.24. The number of esters is 1. The largest absolute Gasteiger partial charge is 0.433 e. The molecule has 0 aromatic carbocycles. The van der Waals surface area contributed by atoms with Gasteiger partial charge in [0.2, 0.25) is 11.6 Å². The third kappa shape index (κ3) is 4.04. The van der Waals surface area contributed by atoms with Crippen LogP contribution in [-0.4, -0.2) is 29.3 Å². The van der Waals surface area contributed by atoms with E-state index in [1.54, 1.807) is 0 Å². The Labute approximate surface area is 82.7 Å². The van der Waals surface area contributed by atoms with Crippen molar-refractivity contribution in [3.8, 4) is 0 Å². The summed E-state index contributed by atoms with van der Waals surface area (Å²) in [6.07, 6.45) is 0. The highest BCUT2D eigenvalue weighted by atomic mass is 16.6. The van der Waals surface area contributed by atoms with Gasteiger partial charge in [-0.3, -0.25) is 4.79 Å². The number of rotatable bonds is 4. The van der Waals surface area contributed by atoms with Crippen molar-refractivity contribution >= 4 is 11.9 Å². The van der Waals surface area contributed by atoms with Crippen molar-refractivity contribution < 1.29 is 19.4 Å². The molecule has 0 radical (unpaired) electrons. The van der Waals surface area contributed by atoms with Gasteiger partial charge in [0, 0.05) is 12.5 Å². The Hall–Kier alpha value is -1.36. The van der Waals surface area contributed by atoms with Crippen LogP contribution >= 0.6 is 0 Å². The van der Waals surface area contributed by atoms with Gasteiger partial charge in [0.1, 0.15) is 6.61 Å². The van der Waals surface area contributed by atoms with Crippen LogP contribution in [0.1, 0.15) is 20.8 Å². The first-order valence-corrected chi connectivity index (χ1v) is 4.09. The van der Waals surface area contributed by atoms with Crippen molar-refractivity contribution in [3.63, 3.8) is 0 Å². The fourth-order valence-corrected chi connectivity index (χ4v) is 0.761. The molecule has 0 aromatic heterocycles. The Morgan fingerprint density at radius 3 is 2.29 bits per heavy atom. The van der Waals surface area contributed by atoms with Crippen molar-refractivity contribution in [2.75, 3.05) is 6.61 Å². The fourth-order valence-electron chi connectivity index (χ4n) is 0.761. The number of aliphatic hydroxyl groups excluding tert-OH is 1. The summed E-state index contributed by atoms with van der Waals surface area (Å²) in [5.74, 6) is -1.05. The van der Waals surface area contributed by atoms with E-state index in [1.165, 1.54) is 20.8 Å². The number of nitrogens with one attached hydrogen (secondary N) is 1. The highest BCUT2D eigenvalue weighted by Gasteiger charge is 2.28. The Kier molecular flexibility index (Phi) is 4.30. The van der Waals surface area contributed by atoms with Crippen LogP contribution in [0.25, 0.3) is 0 Å². The quantitative estimate of drug-likeness (QED) is 0.380. The number of aliphatic hydroxyl groups is 1. The monoisotopic (exact) mass is 201 g/mol. The number of hydrogen-bond donors (Lipinski definition) is 2. The zero-order valence-electron chi connectivity index (χ0n) is 8.59. The van der Waals surface area contributed by atoms with Gasteiger partial charge in [0.15, 0.2) is 0 Å². The van der Waals surface area contributed by atoms with E-state index < -0.39 is 24.2 Å². The smallest absolute Gasteiger partial charge is 0.335 e. The minimum atomic E-state index is -1.39. The summed E-state index contributed by atoms with van der Waals surface area (Å²) < 4.78 is 4.84. The van der Waals surface area contributed by atoms with Gasteiger partial charge in [-0.05, 0) is 13.8 Å². The molecular formula is C9H15NO4. The van der Waals surface area contributed by atoms with Gasteiger partial charge in [-0.25, -0.2) is 4.79 Å². The first-order chi connectivity index (χ1) is 6.30. The molecule has 1 amide bonds. The molecule has 5 heteroatoms. The van der Waals surface area contributed by atoms with Gasteiger partial charge in [-0.1, -0.05) is 6.58 Å². The maximum absolute atomic E-state index is 11.1. The van der Waals surface area contributed by atoms with Gasteiger partial charge in [0.25, 0.3) is 0 Å².